The Balaban J connectivity index is 2.12. The summed E-state index contributed by atoms with van der Waals surface area (Å²) in [6, 6.07) is 3.48. The van der Waals surface area contributed by atoms with Crippen LogP contribution in [0.2, 0.25) is 0 Å². The molecular formula is C12H15FN2O2S. The van der Waals surface area contributed by atoms with Crippen LogP contribution in [0.5, 0.6) is 0 Å². The molecule has 0 aliphatic carbocycles. The average Bonchev–Trinajstić information content (AvgIpc) is 2.74. The number of rotatable bonds is 4. The molecule has 6 heteroatoms. The van der Waals surface area contributed by atoms with E-state index >= 15 is 0 Å². The molecule has 0 amide bonds. The molecule has 18 heavy (non-hydrogen) atoms. The van der Waals surface area contributed by atoms with Gasteiger partial charge in [-0.1, -0.05) is 0 Å². The third-order valence-corrected chi connectivity index (χ3v) is 4.65. The molecule has 1 N–H and O–H groups in total. The predicted molar refractivity (Wildman–Crippen MR) is 71.6 cm³/mol. The van der Waals surface area contributed by atoms with Crippen LogP contribution in [0.1, 0.15) is 19.8 Å². The van der Waals surface area contributed by atoms with Crippen molar-refractivity contribution in [1.82, 2.24) is 0 Å². The molecule has 1 atom stereocenters. The molecule has 1 unspecified atom stereocenters. The third kappa shape index (κ3) is 2.93. The van der Waals surface area contributed by atoms with Crippen molar-refractivity contribution >= 4 is 23.1 Å². The molecule has 0 radical (unpaired) electrons. The third-order valence-electron chi connectivity index (χ3n) is 3.11. The van der Waals surface area contributed by atoms with Gasteiger partial charge in [0.2, 0.25) is 0 Å². The smallest absolute Gasteiger partial charge is 0.292 e. The van der Waals surface area contributed by atoms with E-state index in [-0.39, 0.29) is 16.1 Å². The fourth-order valence-corrected chi connectivity index (χ4v) is 3.31. The first kappa shape index (κ1) is 13.1. The van der Waals surface area contributed by atoms with Crippen molar-refractivity contribution in [2.24, 2.45) is 0 Å². The summed E-state index contributed by atoms with van der Waals surface area (Å²) < 4.78 is 13.2. The second-order valence-electron chi connectivity index (χ2n) is 4.67. The molecule has 1 fully saturated rings. The highest BCUT2D eigenvalue weighted by Crippen LogP contribution is 2.38. The van der Waals surface area contributed by atoms with Crippen LogP contribution in [0.3, 0.4) is 0 Å². The first-order valence-electron chi connectivity index (χ1n) is 5.82. The lowest BCUT2D eigenvalue weighted by atomic mass is 10.1. The summed E-state index contributed by atoms with van der Waals surface area (Å²) in [4.78, 5) is 10.4. The molecule has 4 nitrogen and oxygen atoms in total. The standard InChI is InChI=1S/C12H15FN2O2S/c1-12(5-2-6-18-12)8-14-10-7-9(13)3-4-11(10)15(16)17/h3-4,7,14H,2,5-6,8H2,1H3. The van der Waals surface area contributed by atoms with E-state index in [1.165, 1.54) is 12.1 Å². The topological polar surface area (TPSA) is 55.2 Å². The minimum absolute atomic E-state index is 0.0806. The van der Waals surface area contributed by atoms with E-state index in [4.69, 9.17) is 0 Å². The van der Waals surface area contributed by atoms with Gasteiger partial charge in [-0.3, -0.25) is 10.1 Å². The molecule has 1 aromatic carbocycles. The molecule has 2 rings (SSSR count). The number of nitro benzene ring substituents is 1. The first-order valence-corrected chi connectivity index (χ1v) is 6.80. The Morgan fingerprint density at radius 2 is 2.39 bits per heavy atom. The maximum absolute atomic E-state index is 13.1. The van der Waals surface area contributed by atoms with Crippen molar-refractivity contribution in [2.75, 3.05) is 17.6 Å². The van der Waals surface area contributed by atoms with E-state index < -0.39 is 10.7 Å². The number of nitrogens with zero attached hydrogens (tertiary/aromatic N) is 1. The first-order chi connectivity index (χ1) is 8.50. The maximum atomic E-state index is 13.1. The lowest BCUT2D eigenvalue weighted by molar-refractivity contribution is -0.384. The van der Waals surface area contributed by atoms with Crippen molar-refractivity contribution in [3.05, 3.63) is 34.1 Å². The lowest BCUT2D eigenvalue weighted by Crippen LogP contribution is -2.27. The minimum atomic E-state index is -0.494. The van der Waals surface area contributed by atoms with Crippen molar-refractivity contribution in [2.45, 2.75) is 24.5 Å². The fraction of sp³-hybridized carbons (Fsp3) is 0.500. The van der Waals surface area contributed by atoms with Crippen LogP contribution in [0.15, 0.2) is 18.2 Å². The second kappa shape index (κ2) is 5.14. The predicted octanol–water partition coefficient (Wildman–Crippen LogP) is 3.43. The monoisotopic (exact) mass is 270 g/mol. The van der Waals surface area contributed by atoms with E-state index in [0.717, 1.165) is 24.7 Å². The van der Waals surface area contributed by atoms with Gasteiger partial charge in [0.25, 0.3) is 5.69 Å². The number of nitrogens with one attached hydrogen (secondary N) is 1. The van der Waals surface area contributed by atoms with E-state index in [9.17, 15) is 14.5 Å². The van der Waals surface area contributed by atoms with Gasteiger partial charge < -0.3 is 5.32 Å². The van der Waals surface area contributed by atoms with Crippen molar-refractivity contribution in [3.63, 3.8) is 0 Å². The fourth-order valence-electron chi connectivity index (χ4n) is 2.07. The number of hydrogen-bond donors (Lipinski definition) is 1. The van der Waals surface area contributed by atoms with Crippen molar-refractivity contribution < 1.29 is 9.31 Å². The van der Waals surface area contributed by atoms with Gasteiger partial charge >= 0.3 is 0 Å². The molecule has 1 heterocycles. The summed E-state index contributed by atoms with van der Waals surface area (Å²) in [7, 11) is 0. The molecule has 0 saturated carbocycles. The van der Waals surface area contributed by atoms with Gasteiger partial charge in [-0.2, -0.15) is 11.8 Å². The van der Waals surface area contributed by atoms with Crippen LogP contribution in [0, 0.1) is 15.9 Å². The Morgan fingerprint density at radius 3 is 3.00 bits per heavy atom. The van der Waals surface area contributed by atoms with Crippen LogP contribution in [-0.4, -0.2) is 22.0 Å². The summed E-state index contributed by atoms with van der Waals surface area (Å²) in [5, 5.41) is 13.9. The summed E-state index contributed by atoms with van der Waals surface area (Å²) in [5.41, 5.74) is 0.178. The van der Waals surface area contributed by atoms with Gasteiger partial charge in [0.05, 0.1) is 4.92 Å². The number of anilines is 1. The Kier molecular flexibility index (Phi) is 3.75. The lowest BCUT2D eigenvalue weighted by Gasteiger charge is -2.23. The molecule has 1 aliphatic heterocycles. The van der Waals surface area contributed by atoms with Gasteiger partial charge in [0, 0.05) is 23.4 Å². The molecule has 0 spiro atoms. The highest BCUT2D eigenvalue weighted by Gasteiger charge is 2.29. The molecule has 1 saturated heterocycles. The molecule has 1 aliphatic rings. The molecule has 0 aromatic heterocycles. The highest BCUT2D eigenvalue weighted by atomic mass is 32.2. The van der Waals surface area contributed by atoms with Gasteiger partial charge in [0.15, 0.2) is 0 Å². The van der Waals surface area contributed by atoms with Gasteiger partial charge in [-0.25, -0.2) is 4.39 Å². The van der Waals surface area contributed by atoms with Gasteiger partial charge in [-0.15, -0.1) is 0 Å². The Hall–Kier alpha value is -1.30. The van der Waals surface area contributed by atoms with E-state index in [0.29, 0.717) is 6.54 Å². The highest BCUT2D eigenvalue weighted by molar-refractivity contribution is 8.00. The summed E-state index contributed by atoms with van der Waals surface area (Å²) in [6.07, 6.45) is 2.24. The number of hydrogen-bond acceptors (Lipinski definition) is 4. The summed E-state index contributed by atoms with van der Waals surface area (Å²) in [6.45, 7) is 2.74. The maximum Gasteiger partial charge on any atom is 0.292 e. The molecule has 0 bridgehead atoms. The van der Waals surface area contributed by atoms with Crippen LogP contribution in [-0.2, 0) is 0 Å². The minimum Gasteiger partial charge on any atom is -0.378 e. The van der Waals surface area contributed by atoms with Crippen LogP contribution < -0.4 is 5.32 Å². The van der Waals surface area contributed by atoms with Crippen molar-refractivity contribution in [3.8, 4) is 0 Å². The Bertz CT molecular complexity index is 461. The number of halogens is 1. The van der Waals surface area contributed by atoms with E-state index in [2.05, 4.69) is 12.2 Å². The number of benzene rings is 1. The zero-order valence-electron chi connectivity index (χ0n) is 10.1. The normalized spacial score (nSPS) is 23.0. The largest absolute Gasteiger partial charge is 0.378 e. The summed E-state index contributed by atoms with van der Waals surface area (Å²) >= 11 is 1.86. The Morgan fingerprint density at radius 1 is 1.61 bits per heavy atom. The second-order valence-corrected chi connectivity index (χ2v) is 6.36. The van der Waals surface area contributed by atoms with Crippen LogP contribution in [0.25, 0.3) is 0 Å². The van der Waals surface area contributed by atoms with E-state index in [1.54, 1.807) is 0 Å². The summed E-state index contributed by atoms with van der Waals surface area (Å²) in [5.74, 6) is 0.649. The quantitative estimate of drug-likeness (QED) is 0.672. The number of nitro groups is 1. The zero-order valence-corrected chi connectivity index (χ0v) is 10.9. The molecular weight excluding hydrogens is 255 g/mol. The molecule has 1 aromatic rings. The SMILES string of the molecule is CC1(CNc2cc(F)ccc2[N+](=O)[O-])CCCS1. The zero-order chi connectivity index (χ0) is 13.2. The van der Waals surface area contributed by atoms with Gasteiger partial charge in [-0.05, 0) is 31.6 Å². The van der Waals surface area contributed by atoms with Gasteiger partial charge in [0.1, 0.15) is 11.5 Å². The average molecular weight is 270 g/mol. The van der Waals surface area contributed by atoms with Crippen LogP contribution >= 0.6 is 11.8 Å². The molecule has 98 valence electrons. The Labute approximate surface area is 109 Å². The van der Waals surface area contributed by atoms with Crippen molar-refractivity contribution in [1.29, 1.82) is 0 Å². The number of thioether (sulfide) groups is 1. The van der Waals surface area contributed by atoms with E-state index in [1.807, 2.05) is 11.8 Å². The van der Waals surface area contributed by atoms with Crippen LogP contribution in [0.4, 0.5) is 15.8 Å².